The summed E-state index contributed by atoms with van der Waals surface area (Å²) in [6.45, 7) is 0.0703. The van der Waals surface area contributed by atoms with Gasteiger partial charge < -0.3 is 0 Å². The van der Waals surface area contributed by atoms with Crippen LogP contribution in [0.2, 0.25) is 0 Å². The maximum absolute atomic E-state index is 12.0. The summed E-state index contributed by atoms with van der Waals surface area (Å²) in [5.74, 6) is 0.360. The topological polar surface area (TPSA) is 123 Å². The molecule has 1 aromatic rings. The Kier molecular flexibility index (Phi) is 5.83. The van der Waals surface area contributed by atoms with Gasteiger partial charge in [-0.2, -0.15) is 0 Å². The van der Waals surface area contributed by atoms with Crippen molar-refractivity contribution in [3.05, 3.63) is 24.3 Å². The first kappa shape index (κ1) is 17.2. The highest BCUT2D eigenvalue weighted by atomic mass is 32.2. The lowest BCUT2D eigenvalue weighted by atomic mass is 10.4. The fourth-order valence-electron chi connectivity index (χ4n) is 1.47. The molecule has 0 aliphatic rings. The van der Waals surface area contributed by atoms with E-state index in [4.69, 9.17) is 5.14 Å². The van der Waals surface area contributed by atoms with Gasteiger partial charge in [0.05, 0.1) is 0 Å². The van der Waals surface area contributed by atoms with E-state index in [2.05, 4.69) is 4.72 Å². The number of rotatable bonds is 7. The second-order valence-electron chi connectivity index (χ2n) is 4.02. The Bertz CT molecular complexity index is 697. The number of primary sulfonamides is 1. The van der Waals surface area contributed by atoms with E-state index in [9.17, 15) is 21.0 Å². The van der Waals surface area contributed by atoms with Crippen LogP contribution in [0.5, 0.6) is 0 Å². The molecule has 0 aliphatic heterocycles. The molecule has 0 fully saturated rings. The summed E-state index contributed by atoms with van der Waals surface area (Å²) in [5.41, 5.74) is 0. The first-order chi connectivity index (χ1) is 9.14. The van der Waals surface area contributed by atoms with E-state index in [1.54, 1.807) is 0 Å². The van der Waals surface area contributed by atoms with Crippen LogP contribution in [-0.4, -0.2) is 39.6 Å². The van der Waals surface area contributed by atoms with Crippen molar-refractivity contribution in [3.63, 3.8) is 0 Å². The molecule has 1 atom stereocenters. The van der Waals surface area contributed by atoms with Crippen LogP contribution in [0.4, 0.5) is 0 Å². The maximum atomic E-state index is 12.0. The zero-order valence-electron chi connectivity index (χ0n) is 10.8. The average molecular weight is 340 g/mol. The van der Waals surface area contributed by atoms with Gasteiger partial charge in [0.2, 0.25) is 20.0 Å². The molecule has 10 heteroatoms. The normalized spacial score (nSPS) is 14.1. The predicted octanol–water partition coefficient (Wildman–Crippen LogP) is -0.619. The fraction of sp³-hybridized carbons (Fsp3) is 0.400. The number of benzene rings is 1. The Hall–Kier alpha value is -0.810. The van der Waals surface area contributed by atoms with Crippen LogP contribution in [-0.2, 0) is 30.8 Å². The Labute approximate surface area is 121 Å². The second kappa shape index (κ2) is 6.76. The Morgan fingerprint density at radius 3 is 2.20 bits per heavy atom. The highest BCUT2D eigenvalue weighted by Crippen LogP contribution is 2.18. The van der Waals surface area contributed by atoms with Crippen molar-refractivity contribution in [2.45, 2.75) is 16.2 Å². The minimum Gasteiger partial charge on any atom is -0.260 e. The third kappa shape index (κ3) is 4.94. The smallest absolute Gasteiger partial charge is 0.241 e. The first-order valence-electron chi connectivity index (χ1n) is 5.56. The fourth-order valence-corrected chi connectivity index (χ4v) is 4.47. The van der Waals surface area contributed by atoms with Crippen molar-refractivity contribution >= 4 is 30.8 Å². The van der Waals surface area contributed by atoms with Gasteiger partial charge in [0.1, 0.15) is 9.79 Å². The van der Waals surface area contributed by atoms with Gasteiger partial charge >= 0.3 is 0 Å². The largest absolute Gasteiger partial charge is 0.260 e. The van der Waals surface area contributed by atoms with Crippen molar-refractivity contribution < 1.29 is 21.0 Å². The van der Waals surface area contributed by atoms with Crippen LogP contribution in [0.25, 0.3) is 0 Å². The summed E-state index contributed by atoms with van der Waals surface area (Å²) >= 11 is 0. The van der Waals surface area contributed by atoms with Crippen molar-refractivity contribution in [3.8, 4) is 0 Å². The Morgan fingerprint density at radius 2 is 1.70 bits per heavy atom. The van der Waals surface area contributed by atoms with E-state index in [0.29, 0.717) is 12.2 Å². The summed E-state index contributed by atoms with van der Waals surface area (Å²) in [6, 6.07) is 5.09. The van der Waals surface area contributed by atoms with Gasteiger partial charge in [0.25, 0.3) is 0 Å². The van der Waals surface area contributed by atoms with Crippen molar-refractivity contribution in [1.29, 1.82) is 0 Å². The van der Waals surface area contributed by atoms with Gasteiger partial charge in [0.15, 0.2) is 0 Å². The van der Waals surface area contributed by atoms with Gasteiger partial charge in [-0.05, 0) is 18.6 Å². The quantitative estimate of drug-likeness (QED) is 0.640. The summed E-state index contributed by atoms with van der Waals surface area (Å²) in [4.78, 5) is -0.841. The number of nitrogens with one attached hydrogen (secondary N) is 1. The lowest BCUT2D eigenvalue weighted by Gasteiger charge is -2.09. The highest BCUT2D eigenvalue weighted by molar-refractivity contribution is 7.92. The Balaban J connectivity index is 2.97. The minimum atomic E-state index is -4.13. The third-order valence-corrected chi connectivity index (χ3v) is 5.83. The molecule has 1 rings (SSSR count). The van der Waals surface area contributed by atoms with Crippen LogP contribution in [0.3, 0.4) is 0 Å². The first-order valence-corrected chi connectivity index (χ1v) is 10.3. The number of hydrogen-bond acceptors (Lipinski definition) is 5. The van der Waals surface area contributed by atoms with Crippen LogP contribution >= 0.6 is 0 Å². The lowest BCUT2D eigenvalue weighted by Crippen LogP contribution is -2.28. The minimum absolute atomic E-state index is 0.0703. The van der Waals surface area contributed by atoms with Crippen LogP contribution in [0.1, 0.15) is 6.42 Å². The lowest BCUT2D eigenvalue weighted by molar-refractivity contribution is 0.572. The van der Waals surface area contributed by atoms with E-state index in [1.165, 1.54) is 24.5 Å². The summed E-state index contributed by atoms with van der Waals surface area (Å²) in [6.07, 6.45) is 1.91. The average Bonchev–Trinajstić information content (AvgIpc) is 2.33. The van der Waals surface area contributed by atoms with E-state index in [-0.39, 0.29) is 11.4 Å². The SMILES string of the molecule is CS(=O)CCCNS(=O)(=O)c1ccccc1S(N)(=O)=O. The molecule has 0 aliphatic carbocycles. The molecule has 0 saturated carbocycles. The van der Waals surface area contributed by atoms with E-state index in [1.807, 2.05) is 0 Å². The van der Waals surface area contributed by atoms with E-state index < -0.39 is 35.7 Å². The summed E-state index contributed by atoms with van der Waals surface area (Å²) < 4.78 is 59.9. The third-order valence-electron chi connectivity index (χ3n) is 2.35. The molecular formula is C10H16N2O5S3. The van der Waals surface area contributed by atoms with Gasteiger partial charge in [-0.15, -0.1) is 0 Å². The summed E-state index contributed by atoms with van der Waals surface area (Å²) in [7, 11) is -9.12. The molecule has 0 heterocycles. The molecule has 0 bridgehead atoms. The second-order valence-corrected chi connectivity index (χ2v) is 8.84. The van der Waals surface area contributed by atoms with Crippen LogP contribution < -0.4 is 9.86 Å². The maximum Gasteiger partial charge on any atom is 0.241 e. The van der Waals surface area contributed by atoms with E-state index >= 15 is 0 Å². The van der Waals surface area contributed by atoms with Gasteiger partial charge in [-0.25, -0.2) is 26.7 Å². The van der Waals surface area contributed by atoms with Crippen molar-refractivity contribution in [2.75, 3.05) is 18.6 Å². The molecule has 0 amide bonds. The van der Waals surface area contributed by atoms with Gasteiger partial charge in [-0.1, -0.05) is 12.1 Å². The molecule has 20 heavy (non-hydrogen) atoms. The molecule has 3 N–H and O–H groups in total. The van der Waals surface area contributed by atoms with Gasteiger partial charge in [-0.3, -0.25) is 4.21 Å². The molecule has 1 unspecified atom stereocenters. The molecular weight excluding hydrogens is 324 g/mol. The highest BCUT2D eigenvalue weighted by Gasteiger charge is 2.23. The predicted molar refractivity (Wildman–Crippen MR) is 76.6 cm³/mol. The number of sulfonamides is 2. The van der Waals surface area contributed by atoms with Gasteiger partial charge in [0, 0.05) is 29.4 Å². The monoisotopic (exact) mass is 340 g/mol. The zero-order chi connectivity index (χ0) is 15.4. The van der Waals surface area contributed by atoms with Crippen molar-refractivity contribution in [2.24, 2.45) is 5.14 Å². The van der Waals surface area contributed by atoms with E-state index in [0.717, 1.165) is 6.07 Å². The van der Waals surface area contributed by atoms with Crippen molar-refractivity contribution in [1.82, 2.24) is 4.72 Å². The number of hydrogen-bond donors (Lipinski definition) is 2. The molecule has 0 radical (unpaired) electrons. The Morgan fingerprint density at radius 1 is 1.15 bits per heavy atom. The molecule has 1 aromatic carbocycles. The molecule has 0 saturated heterocycles. The summed E-state index contributed by atoms with van der Waals surface area (Å²) in [5, 5.41) is 4.99. The molecule has 114 valence electrons. The molecule has 0 aromatic heterocycles. The molecule has 0 spiro atoms. The van der Waals surface area contributed by atoms with Crippen LogP contribution in [0.15, 0.2) is 34.1 Å². The van der Waals surface area contributed by atoms with Crippen LogP contribution in [0, 0.1) is 0 Å². The standard InChI is InChI=1S/C10H16N2O5S3/c1-18(13)8-4-7-12-20(16,17)10-6-3-2-5-9(10)19(11,14)15/h2-3,5-6,12H,4,7-8H2,1H3,(H2,11,14,15). The number of nitrogens with two attached hydrogens (primary N) is 1. The zero-order valence-corrected chi connectivity index (χ0v) is 13.2. The molecule has 7 nitrogen and oxygen atoms in total.